The zero-order valence-electron chi connectivity index (χ0n) is 9.61. The van der Waals surface area contributed by atoms with Crippen LogP contribution >= 0.6 is 0 Å². The molecule has 1 N–H and O–H groups in total. The van der Waals surface area contributed by atoms with E-state index in [0.29, 0.717) is 13.0 Å². The van der Waals surface area contributed by atoms with Crippen molar-refractivity contribution in [3.05, 3.63) is 0 Å². The van der Waals surface area contributed by atoms with Gasteiger partial charge in [0.2, 0.25) is 5.91 Å². The minimum Gasteiger partial charge on any atom is -0.481 e. The van der Waals surface area contributed by atoms with Crippen molar-refractivity contribution in [2.45, 2.75) is 25.4 Å². The third-order valence-electron chi connectivity index (χ3n) is 3.62. The molecule has 18 heavy (non-hydrogen) atoms. The van der Waals surface area contributed by atoms with Crippen LogP contribution in [0.25, 0.3) is 0 Å². The van der Waals surface area contributed by atoms with Crippen LogP contribution in [0.5, 0.6) is 0 Å². The van der Waals surface area contributed by atoms with Crippen LogP contribution in [0.4, 0.5) is 13.2 Å². The standard InChI is InChI=1S/C11H14F3NO3/c12-11(13,14)6-2-1-3-15(5-6)9(16)7-4-8(7)10(17)18/h6-8H,1-5H2,(H,17,18)/t6?,7-,8+/m1/s1. The molecule has 0 aromatic rings. The Morgan fingerprint density at radius 2 is 1.89 bits per heavy atom. The van der Waals surface area contributed by atoms with E-state index in [1.54, 1.807) is 0 Å². The average Bonchev–Trinajstić information content (AvgIpc) is 3.07. The Balaban J connectivity index is 1.94. The van der Waals surface area contributed by atoms with Crippen molar-refractivity contribution in [1.82, 2.24) is 4.90 Å². The number of alkyl halides is 3. The van der Waals surface area contributed by atoms with Gasteiger partial charge < -0.3 is 10.0 Å². The minimum atomic E-state index is -4.28. The summed E-state index contributed by atoms with van der Waals surface area (Å²) < 4.78 is 37.7. The number of carbonyl (C=O) groups is 2. The monoisotopic (exact) mass is 265 g/mol. The van der Waals surface area contributed by atoms with Gasteiger partial charge >= 0.3 is 12.1 Å². The fraction of sp³-hybridized carbons (Fsp3) is 0.818. The summed E-state index contributed by atoms with van der Waals surface area (Å²) in [4.78, 5) is 23.7. The Labute approximate surface area is 102 Å². The second-order valence-electron chi connectivity index (χ2n) is 4.95. The third kappa shape index (κ3) is 2.59. The van der Waals surface area contributed by atoms with Crippen LogP contribution in [0.3, 0.4) is 0 Å². The van der Waals surface area contributed by atoms with Gasteiger partial charge in [-0.1, -0.05) is 0 Å². The lowest BCUT2D eigenvalue weighted by Crippen LogP contribution is -2.45. The van der Waals surface area contributed by atoms with Gasteiger partial charge in [0.15, 0.2) is 0 Å². The van der Waals surface area contributed by atoms with E-state index in [1.165, 1.54) is 4.90 Å². The van der Waals surface area contributed by atoms with Gasteiger partial charge in [0, 0.05) is 13.1 Å². The fourth-order valence-electron chi connectivity index (χ4n) is 2.42. The summed E-state index contributed by atoms with van der Waals surface area (Å²) in [5.41, 5.74) is 0. The minimum absolute atomic E-state index is 0.0420. The summed E-state index contributed by atoms with van der Waals surface area (Å²) in [5, 5.41) is 8.70. The molecule has 1 saturated carbocycles. The first-order valence-corrected chi connectivity index (χ1v) is 5.89. The van der Waals surface area contributed by atoms with Gasteiger partial charge in [0.25, 0.3) is 0 Å². The molecular formula is C11H14F3NO3. The first-order valence-electron chi connectivity index (χ1n) is 5.89. The molecule has 1 amide bonds. The highest BCUT2D eigenvalue weighted by Gasteiger charge is 2.51. The number of rotatable bonds is 2. The molecule has 2 rings (SSSR count). The molecule has 3 atom stereocenters. The molecule has 0 aromatic heterocycles. The van der Waals surface area contributed by atoms with Crippen molar-refractivity contribution in [3.8, 4) is 0 Å². The van der Waals surface area contributed by atoms with Gasteiger partial charge in [-0.15, -0.1) is 0 Å². The van der Waals surface area contributed by atoms with E-state index in [2.05, 4.69) is 0 Å². The highest BCUT2D eigenvalue weighted by molar-refractivity contribution is 5.89. The van der Waals surface area contributed by atoms with Crippen LogP contribution in [0.1, 0.15) is 19.3 Å². The Morgan fingerprint density at radius 3 is 2.39 bits per heavy atom. The van der Waals surface area contributed by atoms with Crippen molar-refractivity contribution < 1.29 is 27.9 Å². The van der Waals surface area contributed by atoms with E-state index in [1.807, 2.05) is 0 Å². The molecule has 0 aromatic carbocycles. The quantitative estimate of drug-likeness (QED) is 0.823. The number of amides is 1. The predicted octanol–water partition coefficient (Wildman–Crippen LogP) is 1.51. The number of carbonyl (C=O) groups excluding carboxylic acids is 1. The van der Waals surface area contributed by atoms with Gasteiger partial charge in [0.05, 0.1) is 17.8 Å². The first-order chi connectivity index (χ1) is 8.30. The number of carboxylic acids is 1. The third-order valence-corrected chi connectivity index (χ3v) is 3.62. The van der Waals surface area contributed by atoms with Crippen molar-refractivity contribution in [2.75, 3.05) is 13.1 Å². The van der Waals surface area contributed by atoms with Crippen LogP contribution in [-0.2, 0) is 9.59 Å². The molecule has 4 nitrogen and oxygen atoms in total. The summed E-state index contributed by atoms with van der Waals surface area (Å²) in [6, 6.07) is 0. The number of piperidine rings is 1. The molecule has 2 fully saturated rings. The highest BCUT2D eigenvalue weighted by atomic mass is 19.4. The second-order valence-corrected chi connectivity index (χ2v) is 4.95. The van der Waals surface area contributed by atoms with Gasteiger partial charge in [-0.25, -0.2) is 0 Å². The van der Waals surface area contributed by atoms with Gasteiger partial charge in [-0.05, 0) is 19.3 Å². The van der Waals surface area contributed by atoms with E-state index in [-0.39, 0.29) is 19.4 Å². The van der Waals surface area contributed by atoms with Gasteiger partial charge in [-0.3, -0.25) is 9.59 Å². The number of aliphatic carboxylic acids is 1. The molecule has 0 radical (unpaired) electrons. The van der Waals surface area contributed by atoms with Crippen LogP contribution in [0.2, 0.25) is 0 Å². The molecule has 1 saturated heterocycles. The van der Waals surface area contributed by atoms with Crippen molar-refractivity contribution in [1.29, 1.82) is 0 Å². The van der Waals surface area contributed by atoms with Crippen LogP contribution in [0, 0.1) is 17.8 Å². The van der Waals surface area contributed by atoms with E-state index < -0.39 is 35.8 Å². The van der Waals surface area contributed by atoms with Gasteiger partial charge in [0.1, 0.15) is 0 Å². The second kappa shape index (κ2) is 4.44. The molecule has 1 unspecified atom stereocenters. The zero-order chi connectivity index (χ0) is 13.5. The highest BCUT2D eigenvalue weighted by Crippen LogP contribution is 2.41. The summed E-state index contributed by atoms with van der Waals surface area (Å²) in [6.07, 6.45) is -3.67. The summed E-state index contributed by atoms with van der Waals surface area (Å²) >= 11 is 0. The van der Waals surface area contributed by atoms with Crippen LogP contribution in [0.15, 0.2) is 0 Å². The Morgan fingerprint density at radius 1 is 1.22 bits per heavy atom. The maximum Gasteiger partial charge on any atom is 0.393 e. The maximum atomic E-state index is 12.6. The molecular weight excluding hydrogens is 251 g/mol. The summed E-state index contributed by atoms with van der Waals surface area (Å²) in [5.74, 6) is -4.27. The first kappa shape index (κ1) is 13.2. The Bertz CT molecular complexity index is 369. The fourth-order valence-corrected chi connectivity index (χ4v) is 2.42. The summed E-state index contributed by atoms with van der Waals surface area (Å²) in [7, 11) is 0. The van der Waals surface area contributed by atoms with Gasteiger partial charge in [-0.2, -0.15) is 13.2 Å². The largest absolute Gasteiger partial charge is 0.481 e. The molecule has 1 heterocycles. The van der Waals surface area contributed by atoms with Crippen LogP contribution < -0.4 is 0 Å². The van der Waals surface area contributed by atoms with Crippen molar-refractivity contribution in [2.24, 2.45) is 17.8 Å². The maximum absolute atomic E-state index is 12.6. The van der Waals surface area contributed by atoms with Crippen LogP contribution in [-0.4, -0.2) is 41.1 Å². The Hall–Kier alpha value is -1.27. The number of likely N-dealkylation sites (tertiary alicyclic amines) is 1. The molecule has 102 valence electrons. The number of carboxylic acid groups (broad SMARTS) is 1. The topological polar surface area (TPSA) is 57.6 Å². The van der Waals surface area contributed by atoms with E-state index in [9.17, 15) is 22.8 Å². The van der Waals surface area contributed by atoms with E-state index in [4.69, 9.17) is 5.11 Å². The van der Waals surface area contributed by atoms with E-state index in [0.717, 1.165) is 0 Å². The number of hydrogen-bond donors (Lipinski definition) is 1. The molecule has 0 spiro atoms. The molecule has 7 heteroatoms. The lowest BCUT2D eigenvalue weighted by atomic mass is 9.97. The summed E-state index contributed by atoms with van der Waals surface area (Å²) in [6.45, 7) is -0.0283. The predicted molar refractivity (Wildman–Crippen MR) is 54.6 cm³/mol. The van der Waals surface area contributed by atoms with Crippen molar-refractivity contribution >= 4 is 11.9 Å². The zero-order valence-corrected chi connectivity index (χ0v) is 9.61. The lowest BCUT2D eigenvalue weighted by Gasteiger charge is -2.33. The number of hydrogen-bond acceptors (Lipinski definition) is 2. The molecule has 0 bridgehead atoms. The van der Waals surface area contributed by atoms with E-state index >= 15 is 0 Å². The normalized spacial score (nSPS) is 32.2. The number of halogens is 3. The SMILES string of the molecule is O=C(O)[C@H]1C[C@H]1C(=O)N1CCCC(C(F)(F)F)C1. The average molecular weight is 265 g/mol. The smallest absolute Gasteiger partial charge is 0.393 e. The van der Waals surface area contributed by atoms with Crippen molar-refractivity contribution in [3.63, 3.8) is 0 Å². The number of nitrogens with zero attached hydrogens (tertiary/aromatic N) is 1. The molecule has 1 aliphatic carbocycles. The lowest BCUT2D eigenvalue weighted by molar-refractivity contribution is -0.188. The molecule has 2 aliphatic rings. The molecule has 1 aliphatic heterocycles. The Kier molecular flexibility index (Phi) is 3.25.